The van der Waals surface area contributed by atoms with Gasteiger partial charge in [-0.2, -0.15) is 0 Å². The number of benzene rings is 2. The van der Waals surface area contributed by atoms with Gasteiger partial charge in [-0.05, 0) is 98.4 Å². The van der Waals surface area contributed by atoms with Crippen LogP contribution in [0.15, 0.2) is 30.3 Å². The second-order valence-electron chi connectivity index (χ2n) is 9.19. The number of rotatable bonds is 8. The van der Waals surface area contributed by atoms with Crippen molar-refractivity contribution in [1.29, 1.82) is 0 Å². The first-order valence-electron chi connectivity index (χ1n) is 10.6. The summed E-state index contributed by atoms with van der Waals surface area (Å²) in [7, 11) is 0. The maximum atomic E-state index is 14.5. The van der Waals surface area contributed by atoms with Crippen LogP contribution >= 0.6 is 0 Å². The summed E-state index contributed by atoms with van der Waals surface area (Å²) in [6.45, 7) is 12.3. The molecular formula is C26H35F3. The molecule has 0 amide bonds. The van der Waals surface area contributed by atoms with Crippen LogP contribution in [0.4, 0.5) is 13.2 Å². The van der Waals surface area contributed by atoms with Crippen LogP contribution in [-0.2, 0) is 30.9 Å². The summed E-state index contributed by atoms with van der Waals surface area (Å²) in [5, 5.41) is 0. The largest absolute Gasteiger partial charge is 0.270 e. The molecule has 29 heavy (non-hydrogen) atoms. The van der Waals surface area contributed by atoms with Crippen LogP contribution < -0.4 is 0 Å². The molecule has 0 aliphatic rings. The first kappa shape index (κ1) is 23.5. The van der Waals surface area contributed by atoms with Gasteiger partial charge in [-0.25, -0.2) is 13.2 Å². The molecule has 2 rings (SSSR count). The van der Waals surface area contributed by atoms with E-state index in [2.05, 4.69) is 39.8 Å². The van der Waals surface area contributed by atoms with E-state index in [4.69, 9.17) is 0 Å². The van der Waals surface area contributed by atoms with Crippen molar-refractivity contribution in [3.05, 3.63) is 69.3 Å². The van der Waals surface area contributed by atoms with E-state index >= 15 is 0 Å². The van der Waals surface area contributed by atoms with Crippen LogP contribution in [0.5, 0.6) is 0 Å². The molecule has 160 valence electrons. The molecule has 3 heteroatoms. The quantitative estimate of drug-likeness (QED) is 0.418. The molecule has 0 saturated carbocycles. The van der Waals surface area contributed by atoms with Crippen molar-refractivity contribution < 1.29 is 13.2 Å². The van der Waals surface area contributed by atoms with Crippen molar-refractivity contribution >= 4 is 0 Å². The third kappa shape index (κ3) is 6.10. The highest BCUT2D eigenvalue weighted by Crippen LogP contribution is 2.34. The first-order chi connectivity index (χ1) is 13.3. The zero-order valence-electron chi connectivity index (χ0n) is 18.9. The van der Waals surface area contributed by atoms with Crippen LogP contribution in [0.2, 0.25) is 0 Å². The molecule has 0 aliphatic heterocycles. The molecule has 0 spiro atoms. The number of halogens is 3. The zero-order valence-corrected chi connectivity index (χ0v) is 18.9. The second kappa shape index (κ2) is 8.93. The van der Waals surface area contributed by atoms with E-state index in [0.29, 0.717) is 12.0 Å². The molecule has 2 aromatic carbocycles. The third-order valence-electron chi connectivity index (χ3n) is 5.80. The van der Waals surface area contributed by atoms with Gasteiger partial charge in [-0.3, -0.25) is 0 Å². The number of aryl methyl sites for hydroxylation is 1. The van der Waals surface area contributed by atoms with Gasteiger partial charge in [0.05, 0.1) is 0 Å². The van der Waals surface area contributed by atoms with Gasteiger partial charge in [0.2, 0.25) is 0 Å². The lowest BCUT2D eigenvalue weighted by atomic mass is 9.86. The normalized spacial score (nSPS) is 13.6. The minimum atomic E-state index is -2.98. The van der Waals surface area contributed by atoms with Gasteiger partial charge in [0.1, 0.15) is 5.67 Å². The molecular weight excluding hydrogens is 369 g/mol. The lowest BCUT2D eigenvalue weighted by Gasteiger charge is -2.22. The fourth-order valence-corrected chi connectivity index (χ4v) is 3.98. The van der Waals surface area contributed by atoms with E-state index in [1.54, 1.807) is 12.1 Å². The van der Waals surface area contributed by atoms with E-state index in [1.807, 2.05) is 0 Å². The van der Waals surface area contributed by atoms with Crippen LogP contribution in [0.3, 0.4) is 0 Å². The summed E-state index contributed by atoms with van der Waals surface area (Å²) in [4.78, 5) is 0. The lowest BCUT2D eigenvalue weighted by Crippen LogP contribution is -2.15. The smallest absolute Gasteiger partial charge is 0.239 e. The molecule has 0 N–H and O–H groups in total. The van der Waals surface area contributed by atoms with Crippen LogP contribution in [0.25, 0.3) is 0 Å². The van der Waals surface area contributed by atoms with E-state index in [9.17, 15) is 13.2 Å². The predicted molar refractivity (Wildman–Crippen MR) is 117 cm³/mol. The van der Waals surface area contributed by atoms with E-state index in [1.165, 1.54) is 42.2 Å². The molecule has 0 aromatic heterocycles. The highest BCUT2D eigenvalue weighted by molar-refractivity contribution is 5.40. The minimum absolute atomic E-state index is 0.110. The van der Waals surface area contributed by atoms with Crippen LogP contribution in [0.1, 0.15) is 80.0 Å². The fraction of sp³-hybridized carbons (Fsp3) is 0.538. The topological polar surface area (TPSA) is 0 Å². The number of hydrogen-bond donors (Lipinski definition) is 0. The van der Waals surface area contributed by atoms with Gasteiger partial charge >= 0.3 is 0 Å². The SMILES string of the molecule is CCCc1c(CC(C)Cc2cc(C(C)(C)F)cc(C(C)(F)F)c2)ccc(C)c1C. The Balaban J connectivity index is 2.32. The summed E-state index contributed by atoms with van der Waals surface area (Å²) in [5.74, 6) is -2.72. The Morgan fingerprint density at radius 1 is 0.897 bits per heavy atom. The third-order valence-corrected chi connectivity index (χ3v) is 5.80. The molecule has 0 saturated heterocycles. The van der Waals surface area contributed by atoms with E-state index in [0.717, 1.165) is 31.7 Å². The average molecular weight is 405 g/mol. The van der Waals surface area contributed by atoms with Crippen molar-refractivity contribution in [3.63, 3.8) is 0 Å². The maximum Gasteiger partial charge on any atom is 0.270 e. The lowest BCUT2D eigenvalue weighted by molar-refractivity contribution is 0.0171. The Morgan fingerprint density at radius 3 is 2.07 bits per heavy atom. The Hall–Kier alpha value is -1.77. The summed E-state index contributed by atoms with van der Waals surface area (Å²) < 4.78 is 42.5. The predicted octanol–water partition coefficient (Wildman–Crippen LogP) is 7.99. The molecule has 0 bridgehead atoms. The second-order valence-corrected chi connectivity index (χ2v) is 9.19. The Labute approximate surface area is 174 Å². The highest BCUT2D eigenvalue weighted by atomic mass is 19.3. The van der Waals surface area contributed by atoms with E-state index < -0.39 is 11.6 Å². The van der Waals surface area contributed by atoms with Crippen molar-refractivity contribution in [1.82, 2.24) is 0 Å². The molecule has 0 heterocycles. The van der Waals surface area contributed by atoms with Crippen molar-refractivity contribution in [2.45, 2.75) is 85.7 Å². The standard InChI is InChI=1S/C26H35F3/c1-8-9-24-19(4)18(3)10-11-21(24)13-17(2)12-20-14-22(25(5,6)27)16-23(15-20)26(7,28)29/h10-11,14-17H,8-9,12-13H2,1-7H3. The summed E-state index contributed by atoms with van der Waals surface area (Å²) in [6.07, 6.45) is 3.67. The highest BCUT2D eigenvalue weighted by Gasteiger charge is 2.28. The van der Waals surface area contributed by atoms with E-state index in [-0.39, 0.29) is 11.5 Å². The molecule has 0 nitrogen and oxygen atoms in total. The summed E-state index contributed by atoms with van der Waals surface area (Å²) in [6, 6.07) is 8.96. The van der Waals surface area contributed by atoms with Crippen molar-refractivity contribution in [2.75, 3.05) is 0 Å². The molecule has 0 aliphatic carbocycles. The van der Waals surface area contributed by atoms with Gasteiger partial charge in [-0.1, -0.05) is 38.5 Å². The fourth-order valence-electron chi connectivity index (χ4n) is 3.98. The maximum absolute atomic E-state index is 14.5. The minimum Gasteiger partial charge on any atom is -0.239 e. The zero-order chi connectivity index (χ0) is 22.0. The monoisotopic (exact) mass is 404 g/mol. The van der Waals surface area contributed by atoms with Crippen LogP contribution in [-0.4, -0.2) is 0 Å². The molecule has 1 unspecified atom stereocenters. The van der Waals surface area contributed by atoms with Gasteiger partial charge in [-0.15, -0.1) is 0 Å². The Bertz CT molecular complexity index is 806. The molecule has 0 fully saturated rings. The molecule has 2 aromatic rings. The Kier molecular flexibility index (Phi) is 7.24. The Morgan fingerprint density at radius 2 is 1.52 bits per heavy atom. The molecule has 0 radical (unpaired) electrons. The average Bonchev–Trinajstić information content (AvgIpc) is 2.59. The number of hydrogen-bond acceptors (Lipinski definition) is 0. The number of alkyl halides is 3. The van der Waals surface area contributed by atoms with Crippen LogP contribution in [0, 0.1) is 19.8 Å². The van der Waals surface area contributed by atoms with Crippen molar-refractivity contribution in [3.8, 4) is 0 Å². The van der Waals surface area contributed by atoms with Gasteiger partial charge in [0.15, 0.2) is 0 Å². The van der Waals surface area contributed by atoms with Gasteiger partial charge in [0, 0.05) is 12.5 Å². The van der Waals surface area contributed by atoms with Gasteiger partial charge < -0.3 is 0 Å². The van der Waals surface area contributed by atoms with Crippen molar-refractivity contribution in [2.24, 2.45) is 5.92 Å². The van der Waals surface area contributed by atoms with Gasteiger partial charge in [0.25, 0.3) is 5.92 Å². The molecule has 1 atom stereocenters. The first-order valence-corrected chi connectivity index (χ1v) is 10.6. The summed E-state index contributed by atoms with van der Waals surface area (Å²) in [5.41, 5.74) is 4.74. The summed E-state index contributed by atoms with van der Waals surface area (Å²) >= 11 is 0.